The van der Waals surface area contributed by atoms with E-state index in [-0.39, 0.29) is 18.5 Å². The molecule has 0 heterocycles. The maximum Gasteiger partial charge on any atom is 0.123 e. The second-order valence-electron chi connectivity index (χ2n) is 5.04. The topological polar surface area (TPSA) is 32.7 Å². The van der Waals surface area contributed by atoms with Gasteiger partial charge in [-0.25, -0.2) is 4.39 Å². The first kappa shape index (κ1) is 16.6. The van der Waals surface area contributed by atoms with Crippen LogP contribution >= 0.6 is 0 Å². The third-order valence-corrected chi connectivity index (χ3v) is 2.73. The van der Waals surface area contributed by atoms with Gasteiger partial charge in [-0.05, 0) is 31.5 Å². The number of nitrogens with zero attached hydrogens (tertiary/aromatic N) is 1. The number of halogens is 1. The van der Waals surface area contributed by atoms with Gasteiger partial charge >= 0.3 is 0 Å². The maximum atomic E-state index is 12.9. The minimum atomic E-state index is -0.591. The molecule has 20 heavy (non-hydrogen) atoms. The van der Waals surface area contributed by atoms with Crippen LogP contribution in [-0.4, -0.2) is 41.9 Å². The molecule has 0 aromatic heterocycles. The SMILES string of the molecule is C#CCN(Cc1ccc(F)cc1)CC(O)COC(C)C. The highest BCUT2D eigenvalue weighted by Crippen LogP contribution is 2.07. The summed E-state index contributed by atoms with van der Waals surface area (Å²) in [6.07, 6.45) is 4.84. The van der Waals surface area contributed by atoms with E-state index in [1.807, 2.05) is 18.7 Å². The van der Waals surface area contributed by atoms with Crippen LogP contribution in [0.4, 0.5) is 4.39 Å². The van der Waals surface area contributed by atoms with Crippen LogP contribution in [0.5, 0.6) is 0 Å². The van der Waals surface area contributed by atoms with E-state index in [2.05, 4.69) is 5.92 Å². The van der Waals surface area contributed by atoms with Gasteiger partial charge in [-0.3, -0.25) is 4.90 Å². The smallest absolute Gasteiger partial charge is 0.123 e. The molecule has 1 rings (SSSR count). The van der Waals surface area contributed by atoms with E-state index in [9.17, 15) is 9.50 Å². The molecule has 0 spiro atoms. The van der Waals surface area contributed by atoms with Gasteiger partial charge in [0, 0.05) is 13.1 Å². The first-order valence-corrected chi connectivity index (χ1v) is 6.71. The summed E-state index contributed by atoms with van der Waals surface area (Å²) in [6, 6.07) is 6.27. The van der Waals surface area contributed by atoms with Crippen LogP contribution in [0.2, 0.25) is 0 Å². The molecule has 1 atom stereocenters. The zero-order valence-electron chi connectivity index (χ0n) is 12.1. The van der Waals surface area contributed by atoms with Crippen molar-refractivity contribution < 1.29 is 14.2 Å². The first-order chi connectivity index (χ1) is 9.51. The summed E-state index contributed by atoms with van der Waals surface area (Å²) in [4.78, 5) is 1.93. The molecule has 1 aromatic rings. The van der Waals surface area contributed by atoms with Gasteiger partial charge in [0.05, 0.1) is 25.4 Å². The number of benzene rings is 1. The molecule has 1 unspecified atom stereocenters. The van der Waals surface area contributed by atoms with Crippen LogP contribution in [0.1, 0.15) is 19.4 Å². The number of hydrogen-bond donors (Lipinski definition) is 1. The Morgan fingerprint density at radius 3 is 2.55 bits per heavy atom. The zero-order valence-corrected chi connectivity index (χ0v) is 12.1. The number of ether oxygens (including phenoxy) is 1. The molecular weight excluding hydrogens is 257 g/mol. The van der Waals surface area contributed by atoms with Gasteiger partial charge in [0.2, 0.25) is 0 Å². The molecule has 1 aromatic carbocycles. The predicted molar refractivity (Wildman–Crippen MR) is 77.6 cm³/mol. The minimum Gasteiger partial charge on any atom is -0.389 e. The Labute approximate surface area is 120 Å². The third-order valence-electron chi connectivity index (χ3n) is 2.73. The lowest BCUT2D eigenvalue weighted by atomic mass is 10.2. The summed E-state index contributed by atoms with van der Waals surface area (Å²) in [7, 11) is 0. The lowest BCUT2D eigenvalue weighted by molar-refractivity contribution is -0.00786. The Kier molecular flexibility index (Phi) is 7.24. The molecule has 0 aliphatic rings. The van der Waals surface area contributed by atoms with E-state index in [0.717, 1.165) is 5.56 Å². The molecular formula is C16H22FNO2. The van der Waals surface area contributed by atoms with E-state index < -0.39 is 6.10 Å². The van der Waals surface area contributed by atoms with Crippen LogP contribution in [0.25, 0.3) is 0 Å². The minimum absolute atomic E-state index is 0.0860. The molecule has 0 saturated carbocycles. The first-order valence-electron chi connectivity index (χ1n) is 6.71. The van der Waals surface area contributed by atoms with Crippen molar-refractivity contribution in [2.75, 3.05) is 19.7 Å². The van der Waals surface area contributed by atoms with Crippen LogP contribution in [0.3, 0.4) is 0 Å². The Morgan fingerprint density at radius 2 is 2.00 bits per heavy atom. The van der Waals surface area contributed by atoms with Gasteiger partial charge in [-0.1, -0.05) is 18.1 Å². The predicted octanol–water partition coefficient (Wildman–Crippen LogP) is 2.05. The van der Waals surface area contributed by atoms with Crippen molar-refractivity contribution >= 4 is 0 Å². The normalized spacial score (nSPS) is 12.7. The molecule has 110 valence electrons. The summed E-state index contributed by atoms with van der Waals surface area (Å²) in [5.41, 5.74) is 0.957. The van der Waals surface area contributed by atoms with Gasteiger partial charge in [-0.15, -0.1) is 6.42 Å². The number of aliphatic hydroxyl groups excluding tert-OH is 1. The fourth-order valence-electron chi connectivity index (χ4n) is 1.82. The lowest BCUT2D eigenvalue weighted by Gasteiger charge is -2.23. The van der Waals surface area contributed by atoms with Crippen molar-refractivity contribution in [3.05, 3.63) is 35.6 Å². The monoisotopic (exact) mass is 279 g/mol. The second kappa shape index (κ2) is 8.70. The summed E-state index contributed by atoms with van der Waals surface area (Å²) in [5.74, 6) is 2.31. The number of rotatable bonds is 8. The molecule has 0 aliphatic carbocycles. The van der Waals surface area contributed by atoms with Gasteiger partial charge in [-0.2, -0.15) is 0 Å². The van der Waals surface area contributed by atoms with Crippen molar-refractivity contribution in [2.24, 2.45) is 0 Å². The van der Waals surface area contributed by atoms with Crippen LogP contribution < -0.4 is 0 Å². The summed E-state index contributed by atoms with van der Waals surface area (Å²) in [5, 5.41) is 9.92. The third kappa shape index (κ3) is 6.67. The lowest BCUT2D eigenvalue weighted by Crippen LogP contribution is -2.35. The second-order valence-corrected chi connectivity index (χ2v) is 5.04. The summed E-state index contributed by atoms with van der Waals surface area (Å²) in [6.45, 7) is 5.55. The fraction of sp³-hybridized carbons (Fsp3) is 0.500. The highest BCUT2D eigenvalue weighted by atomic mass is 19.1. The largest absolute Gasteiger partial charge is 0.389 e. The number of hydrogen-bond acceptors (Lipinski definition) is 3. The van der Waals surface area contributed by atoms with Crippen molar-refractivity contribution in [3.8, 4) is 12.3 Å². The van der Waals surface area contributed by atoms with Gasteiger partial charge in [0.15, 0.2) is 0 Å². The van der Waals surface area contributed by atoms with Crippen LogP contribution in [0, 0.1) is 18.2 Å². The maximum absolute atomic E-state index is 12.9. The molecule has 0 aliphatic heterocycles. The van der Waals surface area contributed by atoms with Crippen molar-refractivity contribution in [1.82, 2.24) is 4.90 Å². The molecule has 0 saturated heterocycles. The van der Waals surface area contributed by atoms with Gasteiger partial charge in [0.25, 0.3) is 0 Å². The molecule has 0 fully saturated rings. The summed E-state index contributed by atoms with van der Waals surface area (Å²) >= 11 is 0. The highest BCUT2D eigenvalue weighted by Gasteiger charge is 2.12. The molecule has 4 heteroatoms. The van der Waals surface area contributed by atoms with Crippen LogP contribution in [0.15, 0.2) is 24.3 Å². The molecule has 0 radical (unpaired) electrons. The van der Waals surface area contributed by atoms with Gasteiger partial charge in [0.1, 0.15) is 5.82 Å². The van der Waals surface area contributed by atoms with E-state index in [0.29, 0.717) is 19.6 Å². The van der Waals surface area contributed by atoms with E-state index in [1.165, 1.54) is 12.1 Å². The fourth-order valence-corrected chi connectivity index (χ4v) is 1.82. The Hall–Kier alpha value is -1.41. The average molecular weight is 279 g/mol. The highest BCUT2D eigenvalue weighted by molar-refractivity contribution is 5.16. The quantitative estimate of drug-likeness (QED) is 0.739. The Bertz CT molecular complexity index is 425. The zero-order chi connectivity index (χ0) is 15.0. The number of aliphatic hydroxyl groups is 1. The Balaban J connectivity index is 2.51. The van der Waals surface area contributed by atoms with Crippen LogP contribution in [-0.2, 0) is 11.3 Å². The van der Waals surface area contributed by atoms with Crippen molar-refractivity contribution in [3.63, 3.8) is 0 Å². The summed E-state index contributed by atoms with van der Waals surface area (Å²) < 4.78 is 18.2. The molecule has 3 nitrogen and oxygen atoms in total. The standard InChI is InChI=1S/C16H22FNO2/c1-4-9-18(11-16(19)12-20-13(2)3)10-14-5-7-15(17)8-6-14/h1,5-8,13,16,19H,9-12H2,2-3H3. The molecule has 0 bridgehead atoms. The molecule has 0 amide bonds. The van der Waals surface area contributed by atoms with Gasteiger partial charge < -0.3 is 9.84 Å². The van der Waals surface area contributed by atoms with E-state index >= 15 is 0 Å². The molecule has 1 N–H and O–H groups in total. The van der Waals surface area contributed by atoms with E-state index in [4.69, 9.17) is 11.2 Å². The van der Waals surface area contributed by atoms with Crippen molar-refractivity contribution in [1.29, 1.82) is 0 Å². The number of terminal acetylenes is 1. The van der Waals surface area contributed by atoms with E-state index in [1.54, 1.807) is 12.1 Å². The average Bonchev–Trinajstić information content (AvgIpc) is 2.39. The van der Waals surface area contributed by atoms with Crippen molar-refractivity contribution in [2.45, 2.75) is 32.6 Å². The Morgan fingerprint density at radius 1 is 1.35 bits per heavy atom.